The molecule has 2 aromatic rings. The Balaban J connectivity index is 2.13. The fraction of sp³-hybridized carbons (Fsp3) is 0.200. The van der Waals surface area contributed by atoms with Crippen molar-refractivity contribution in [2.75, 3.05) is 0 Å². The maximum atomic E-state index is 13.1. The van der Waals surface area contributed by atoms with Gasteiger partial charge in [0.25, 0.3) is 0 Å². The molecule has 0 saturated carbocycles. The molecule has 0 heterocycles. The standard InChI is InChI=1S/C15H15FO3/c1-10(17)14-8-12(16)4-7-15(14)19-9-11-2-5-13(18)6-3-11/h2-8,10,17-18H,9H2,1H3/t10-/m1/s1. The second kappa shape index (κ2) is 5.71. The molecule has 19 heavy (non-hydrogen) atoms. The summed E-state index contributed by atoms with van der Waals surface area (Å²) in [6.07, 6.45) is -0.800. The molecule has 0 radical (unpaired) electrons. The Labute approximate surface area is 110 Å². The Morgan fingerprint density at radius 1 is 1.16 bits per heavy atom. The van der Waals surface area contributed by atoms with E-state index in [4.69, 9.17) is 4.74 Å². The maximum Gasteiger partial charge on any atom is 0.125 e. The number of benzene rings is 2. The van der Waals surface area contributed by atoms with Crippen LogP contribution in [0.5, 0.6) is 11.5 Å². The topological polar surface area (TPSA) is 49.7 Å². The van der Waals surface area contributed by atoms with Crippen LogP contribution in [-0.4, -0.2) is 10.2 Å². The van der Waals surface area contributed by atoms with Crippen LogP contribution in [0.3, 0.4) is 0 Å². The van der Waals surface area contributed by atoms with E-state index in [1.165, 1.54) is 18.2 Å². The van der Waals surface area contributed by atoms with Crippen molar-refractivity contribution in [3.05, 3.63) is 59.4 Å². The van der Waals surface area contributed by atoms with Gasteiger partial charge in [0.2, 0.25) is 0 Å². The number of aromatic hydroxyl groups is 1. The first-order valence-corrected chi connectivity index (χ1v) is 5.94. The van der Waals surface area contributed by atoms with Gasteiger partial charge in [0.1, 0.15) is 23.9 Å². The molecule has 0 aromatic heterocycles. The molecule has 0 amide bonds. The summed E-state index contributed by atoms with van der Waals surface area (Å²) in [5.74, 6) is 0.229. The lowest BCUT2D eigenvalue weighted by Gasteiger charge is -2.13. The van der Waals surface area contributed by atoms with Crippen molar-refractivity contribution < 1.29 is 19.3 Å². The largest absolute Gasteiger partial charge is 0.508 e. The van der Waals surface area contributed by atoms with Crippen LogP contribution in [0.2, 0.25) is 0 Å². The van der Waals surface area contributed by atoms with Crippen LogP contribution in [-0.2, 0) is 6.61 Å². The van der Waals surface area contributed by atoms with Gasteiger partial charge in [-0.05, 0) is 42.8 Å². The minimum absolute atomic E-state index is 0.190. The fourth-order valence-corrected chi connectivity index (χ4v) is 1.73. The highest BCUT2D eigenvalue weighted by Gasteiger charge is 2.10. The van der Waals surface area contributed by atoms with E-state index in [1.54, 1.807) is 31.2 Å². The molecule has 0 aliphatic heterocycles. The summed E-state index contributed by atoms with van der Waals surface area (Å²) in [4.78, 5) is 0. The van der Waals surface area contributed by atoms with E-state index < -0.39 is 11.9 Å². The smallest absolute Gasteiger partial charge is 0.125 e. The normalized spacial score (nSPS) is 12.2. The van der Waals surface area contributed by atoms with E-state index in [0.29, 0.717) is 11.3 Å². The first-order valence-electron chi connectivity index (χ1n) is 5.94. The third-order valence-corrected chi connectivity index (χ3v) is 2.75. The zero-order chi connectivity index (χ0) is 13.8. The van der Waals surface area contributed by atoms with Gasteiger partial charge in [-0.15, -0.1) is 0 Å². The van der Waals surface area contributed by atoms with Crippen molar-refractivity contribution >= 4 is 0 Å². The molecular formula is C15H15FO3. The quantitative estimate of drug-likeness (QED) is 0.889. The summed E-state index contributed by atoms with van der Waals surface area (Å²) in [6.45, 7) is 1.84. The number of phenolic OH excluding ortho intramolecular Hbond substituents is 1. The number of aliphatic hydroxyl groups is 1. The second-order valence-electron chi connectivity index (χ2n) is 4.31. The number of hydrogen-bond acceptors (Lipinski definition) is 3. The average Bonchev–Trinajstić information content (AvgIpc) is 2.39. The Hall–Kier alpha value is -2.07. The highest BCUT2D eigenvalue weighted by Crippen LogP contribution is 2.26. The van der Waals surface area contributed by atoms with E-state index in [9.17, 15) is 14.6 Å². The highest BCUT2D eigenvalue weighted by molar-refractivity contribution is 5.36. The predicted molar refractivity (Wildman–Crippen MR) is 69.5 cm³/mol. The zero-order valence-electron chi connectivity index (χ0n) is 10.5. The van der Waals surface area contributed by atoms with Gasteiger partial charge < -0.3 is 14.9 Å². The van der Waals surface area contributed by atoms with E-state index in [-0.39, 0.29) is 12.4 Å². The number of halogens is 1. The van der Waals surface area contributed by atoms with Gasteiger partial charge in [-0.1, -0.05) is 12.1 Å². The lowest BCUT2D eigenvalue weighted by Crippen LogP contribution is -2.01. The molecule has 2 rings (SSSR count). The van der Waals surface area contributed by atoms with E-state index in [1.807, 2.05) is 0 Å². The lowest BCUT2D eigenvalue weighted by molar-refractivity contribution is 0.189. The molecule has 0 spiro atoms. The molecular weight excluding hydrogens is 247 g/mol. The number of rotatable bonds is 4. The Kier molecular flexibility index (Phi) is 4.02. The highest BCUT2D eigenvalue weighted by atomic mass is 19.1. The van der Waals surface area contributed by atoms with Crippen molar-refractivity contribution in [1.82, 2.24) is 0 Å². The molecule has 0 bridgehead atoms. The van der Waals surface area contributed by atoms with Gasteiger partial charge in [-0.2, -0.15) is 0 Å². The van der Waals surface area contributed by atoms with Crippen molar-refractivity contribution in [2.24, 2.45) is 0 Å². The van der Waals surface area contributed by atoms with Crippen LogP contribution in [0, 0.1) is 5.82 Å². The summed E-state index contributed by atoms with van der Waals surface area (Å²) in [7, 11) is 0. The van der Waals surface area contributed by atoms with Crippen LogP contribution < -0.4 is 4.74 Å². The molecule has 4 heteroatoms. The molecule has 0 aliphatic carbocycles. The van der Waals surface area contributed by atoms with E-state index in [0.717, 1.165) is 5.56 Å². The minimum atomic E-state index is -0.800. The lowest BCUT2D eigenvalue weighted by atomic mass is 10.1. The van der Waals surface area contributed by atoms with Crippen LogP contribution >= 0.6 is 0 Å². The predicted octanol–water partition coefficient (Wildman–Crippen LogP) is 3.16. The molecule has 2 N–H and O–H groups in total. The Morgan fingerprint density at radius 2 is 1.84 bits per heavy atom. The summed E-state index contributed by atoms with van der Waals surface area (Å²) in [6, 6.07) is 10.7. The Morgan fingerprint density at radius 3 is 2.47 bits per heavy atom. The summed E-state index contributed by atoms with van der Waals surface area (Å²) >= 11 is 0. The van der Waals surface area contributed by atoms with Crippen molar-refractivity contribution in [1.29, 1.82) is 0 Å². The number of phenols is 1. The fourth-order valence-electron chi connectivity index (χ4n) is 1.73. The van der Waals surface area contributed by atoms with Crippen molar-refractivity contribution in [3.63, 3.8) is 0 Å². The van der Waals surface area contributed by atoms with Crippen LogP contribution in [0.1, 0.15) is 24.2 Å². The summed E-state index contributed by atoms with van der Waals surface area (Å²) in [5.41, 5.74) is 1.29. The molecule has 3 nitrogen and oxygen atoms in total. The van der Waals surface area contributed by atoms with Crippen molar-refractivity contribution in [2.45, 2.75) is 19.6 Å². The SMILES string of the molecule is C[C@@H](O)c1cc(F)ccc1OCc1ccc(O)cc1. The van der Waals surface area contributed by atoms with Crippen LogP contribution in [0.25, 0.3) is 0 Å². The number of aliphatic hydroxyl groups excluding tert-OH is 1. The third-order valence-electron chi connectivity index (χ3n) is 2.75. The second-order valence-corrected chi connectivity index (χ2v) is 4.31. The van der Waals surface area contributed by atoms with Crippen LogP contribution in [0.4, 0.5) is 4.39 Å². The van der Waals surface area contributed by atoms with E-state index >= 15 is 0 Å². The average molecular weight is 262 g/mol. The molecule has 0 fully saturated rings. The zero-order valence-corrected chi connectivity index (χ0v) is 10.5. The molecule has 2 aromatic carbocycles. The first-order chi connectivity index (χ1) is 9.06. The molecule has 0 saturated heterocycles. The number of hydrogen-bond donors (Lipinski definition) is 2. The van der Waals surface area contributed by atoms with Gasteiger partial charge in [-0.25, -0.2) is 4.39 Å². The van der Waals surface area contributed by atoms with Gasteiger partial charge in [-0.3, -0.25) is 0 Å². The van der Waals surface area contributed by atoms with E-state index in [2.05, 4.69) is 0 Å². The minimum Gasteiger partial charge on any atom is -0.508 e. The van der Waals surface area contributed by atoms with Crippen molar-refractivity contribution in [3.8, 4) is 11.5 Å². The Bertz CT molecular complexity index is 550. The molecule has 100 valence electrons. The van der Waals surface area contributed by atoms with Gasteiger partial charge >= 0.3 is 0 Å². The molecule has 0 aliphatic rings. The third kappa shape index (κ3) is 3.45. The first kappa shape index (κ1) is 13.4. The monoisotopic (exact) mass is 262 g/mol. The summed E-state index contributed by atoms with van der Waals surface area (Å²) < 4.78 is 18.7. The number of ether oxygens (including phenoxy) is 1. The van der Waals surface area contributed by atoms with Gasteiger partial charge in [0.15, 0.2) is 0 Å². The van der Waals surface area contributed by atoms with Gasteiger partial charge in [0.05, 0.1) is 6.10 Å². The maximum absolute atomic E-state index is 13.1. The molecule has 1 atom stereocenters. The molecule has 0 unspecified atom stereocenters. The van der Waals surface area contributed by atoms with Gasteiger partial charge in [0, 0.05) is 5.56 Å². The van der Waals surface area contributed by atoms with Crippen LogP contribution in [0.15, 0.2) is 42.5 Å². The summed E-state index contributed by atoms with van der Waals surface area (Å²) in [5, 5.41) is 18.8.